The molecule has 0 fully saturated rings. The molecule has 0 saturated carbocycles. The Hall–Kier alpha value is -2.39. The fourth-order valence-corrected chi connectivity index (χ4v) is 2.65. The molecule has 1 amide bonds. The van der Waals surface area contributed by atoms with Crippen molar-refractivity contribution < 1.29 is 32.0 Å². The molecule has 2 aromatic carbocycles. The van der Waals surface area contributed by atoms with E-state index in [0.717, 1.165) is 17.7 Å². The number of carbonyl (C=O) groups excluding carboxylic acids is 1. The van der Waals surface area contributed by atoms with Crippen LogP contribution in [0.5, 0.6) is 0 Å². The van der Waals surface area contributed by atoms with Crippen LogP contribution in [0.1, 0.15) is 21.5 Å². The molecule has 2 aromatic rings. The average molecular weight is 353 g/mol. The van der Waals surface area contributed by atoms with Crippen LogP contribution in [-0.2, 0) is 17.3 Å². The van der Waals surface area contributed by atoms with Gasteiger partial charge in [0, 0.05) is 12.3 Å². The van der Waals surface area contributed by atoms with E-state index in [1.807, 2.05) is 0 Å². The van der Waals surface area contributed by atoms with E-state index in [9.17, 15) is 27.4 Å². The summed E-state index contributed by atoms with van der Waals surface area (Å²) in [5.74, 6) is -2.11. The van der Waals surface area contributed by atoms with Gasteiger partial charge in [-0.3, -0.25) is 4.79 Å². The number of alkyl halides is 3. The van der Waals surface area contributed by atoms with Gasteiger partial charge in [-0.25, -0.2) is 4.39 Å². The molecule has 3 rings (SSSR count). The number of hydrogen-bond acceptors (Lipinski definition) is 3. The summed E-state index contributed by atoms with van der Waals surface area (Å²) in [4.78, 5) is 12.2. The minimum Gasteiger partial charge on any atom is -0.423 e. The molecular formula is C16H12BF4NO3. The minimum atomic E-state index is -4.87. The van der Waals surface area contributed by atoms with Gasteiger partial charge in [-0.15, -0.1) is 0 Å². The second-order valence-electron chi connectivity index (χ2n) is 5.53. The van der Waals surface area contributed by atoms with E-state index in [1.54, 1.807) is 6.07 Å². The van der Waals surface area contributed by atoms with Gasteiger partial charge in [-0.2, -0.15) is 13.2 Å². The zero-order valence-electron chi connectivity index (χ0n) is 12.7. The summed E-state index contributed by atoms with van der Waals surface area (Å²) in [7, 11) is -1.16. The minimum absolute atomic E-state index is 0.200. The molecule has 2 N–H and O–H groups in total. The molecular weight excluding hydrogens is 341 g/mol. The van der Waals surface area contributed by atoms with Crippen molar-refractivity contribution in [1.82, 2.24) is 0 Å². The van der Waals surface area contributed by atoms with Crippen LogP contribution in [0.2, 0.25) is 0 Å². The Morgan fingerprint density at radius 2 is 1.96 bits per heavy atom. The lowest BCUT2D eigenvalue weighted by molar-refractivity contribution is -0.138. The van der Waals surface area contributed by atoms with Gasteiger partial charge in [-0.1, -0.05) is 6.07 Å². The van der Waals surface area contributed by atoms with Crippen LogP contribution in [0.4, 0.5) is 23.2 Å². The van der Waals surface area contributed by atoms with Gasteiger partial charge in [-0.05, 0) is 47.8 Å². The number of benzene rings is 2. The Kier molecular flexibility index (Phi) is 4.53. The lowest BCUT2D eigenvalue weighted by Gasteiger charge is -2.20. The van der Waals surface area contributed by atoms with Crippen molar-refractivity contribution in [3.8, 4) is 0 Å². The maximum absolute atomic E-state index is 13.1. The third-order valence-electron chi connectivity index (χ3n) is 3.85. The molecule has 4 nitrogen and oxygen atoms in total. The molecule has 25 heavy (non-hydrogen) atoms. The van der Waals surface area contributed by atoms with E-state index in [4.69, 9.17) is 4.65 Å². The largest absolute Gasteiger partial charge is 0.491 e. The number of halogens is 4. The van der Waals surface area contributed by atoms with Crippen molar-refractivity contribution in [3.63, 3.8) is 0 Å². The van der Waals surface area contributed by atoms with E-state index in [-0.39, 0.29) is 11.8 Å². The fraction of sp³-hybridized carbons (Fsp3) is 0.188. The number of carbonyl (C=O) groups is 1. The van der Waals surface area contributed by atoms with Crippen molar-refractivity contribution in [2.45, 2.75) is 12.6 Å². The Morgan fingerprint density at radius 1 is 1.20 bits per heavy atom. The number of nitrogens with one attached hydrogen (secondary N) is 1. The smallest absolute Gasteiger partial charge is 0.423 e. The SMILES string of the molecule is O=C(Nc1ccc2c(c1)B(O)OCC2)c1ccc(F)cc1C(F)(F)F. The van der Waals surface area contributed by atoms with Gasteiger partial charge in [0.1, 0.15) is 5.82 Å². The maximum Gasteiger partial charge on any atom is 0.491 e. The summed E-state index contributed by atoms with van der Waals surface area (Å²) in [6.45, 7) is 0.352. The highest BCUT2D eigenvalue weighted by Crippen LogP contribution is 2.33. The van der Waals surface area contributed by atoms with Gasteiger partial charge in [0.15, 0.2) is 0 Å². The summed E-state index contributed by atoms with van der Waals surface area (Å²) in [6, 6.07) is 6.46. The van der Waals surface area contributed by atoms with E-state index >= 15 is 0 Å². The molecule has 0 aromatic heterocycles. The third kappa shape index (κ3) is 3.67. The molecule has 0 spiro atoms. The molecule has 0 aliphatic carbocycles. The topological polar surface area (TPSA) is 58.6 Å². The van der Waals surface area contributed by atoms with Gasteiger partial charge in [0.25, 0.3) is 5.91 Å². The zero-order valence-corrected chi connectivity index (χ0v) is 12.7. The summed E-state index contributed by atoms with van der Waals surface area (Å²) >= 11 is 0. The second kappa shape index (κ2) is 6.49. The summed E-state index contributed by atoms with van der Waals surface area (Å²) in [5, 5.41) is 12.1. The third-order valence-corrected chi connectivity index (χ3v) is 3.85. The van der Waals surface area contributed by atoms with Crippen LogP contribution >= 0.6 is 0 Å². The van der Waals surface area contributed by atoms with Crippen LogP contribution in [0, 0.1) is 5.82 Å². The summed E-state index contributed by atoms with van der Waals surface area (Å²) in [6.07, 6.45) is -4.29. The number of anilines is 1. The fourth-order valence-electron chi connectivity index (χ4n) is 2.65. The van der Waals surface area contributed by atoms with Crippen LogP contribution in [-0.4, -0.2) is 24.7 Å². The predicted octanol–water partition coefficient (Wildman–Crippen LogP) is 2.36. The molecule has 1 heterocycles. The first-order chi connectivity index (χ1) is 11.8. The van der Waals surface area contributed by atoms with Gasteiger partial charge < -0.3 is 15.0 Å². The van der Waals surface area contributed by atoms with Gasteiger partial charge >= 0.3 is 13.3 Å². The van der Waals surface area contributed by atoms with E-state index in [2.05, 4.69) is 5.32 Å². The van der Waals surface area contributed by atoms with Crippen molar-refractivity contribution in [1.29, 1.82) is 0 Å². The summed E-state index contributed by atoms with van der Waals surface area (Å²) in [5.41, 5.74) is -0.575. The number of amides is 1. The Bertz CT molecular complexity index is 826. The van der Waals surface area contributed by atoms with Crippen LogP contribution in [0.15, 0.2) is 36.4 Å². The van der Waals surface area contributed by atoms with Crippen LogP contribution in [0.25, 0.3) is 0 Å². The Labute approximate surface area is 140 Å². The van der Waals surface area contributed by atoms with E-state index in [0.29, 0.717) is 18.5 Å². The number of hydrogen-bond donors (Lipinski definition) is 2. The molecule has 0 bridgehead atoms. The number of rotatable bonds is 2. The molecule has 9 heteroatoms. The molecule has 1 aliphatic rings. The first-order valence-corrected chi connectivity index (χ1v) is 7.36. The Morgan fingerprint density at radius 3 is 2.68 bits per heavy atom. The molecule has 1 aliphatic heterocycles. The van der Waals surface area contributed by atoms with Crippen molar-refractivity contribution in [3.05, 3.63) is 58.9 Å². The standard InChI is InChI=1S/C16H12BF4NO3/c18-10-2-4-12(13(7-10)16(19,20)21)15(23)22-11-3-1-9-5-6-25-17(24)14(9)8-11/h1-4,7-8,24H,5-6H2,(H,22,23). The second-order valence-corrected chi connectivity index (χ2v) is 5.53. The quantitative estimate of drug-likeness (QED) is 0.644. The van der Waals surface area contributed by atoms with Crippen LogP contribution in [0.3, 0.4) is 0 Å². The highest BCUT2D eigenvalue weighted by Gasteiger charge is 2.35. The molecule has 0 saturated heterocycles. The predicted molar refractivity (Wildman–Crippen MR) is 83.1 cm³/mol. The molecule has 0 radical (unpaired) electrons. The van der Waals surface area contributed by atoms with Crippen LogP contribution < -0.4 is 10.8 Å². The molecule has 0 unspecified atom stereocenters. The lowest BCUT2D eigenvalue weighted by atomic mass is 9.73. The van der Waals surface area contributed by atoms with Crippen molar-refractivity contribution in [2.75, 3.05) is 11.9 Å². The average Bonchev–Trinajstić information content (AvgIpc) is 2.54. The monoisotopic (exact) mass is 353 g/mol. The number of fused-ring (bicyclic) bond motifs is 1. The molecule has 0 atom stereocenters. The van der Waals surface area contributed by atoms with Gasteiger partial charge in [0.2, 0.25) is 0 Å². The van der Waals surface area contributed by atoms with E-state index < -0.39 is 36.1 Å². The highest BCUT2D eigenvalue weighted by atomic mass is 19.4. The van der Waals surface area contributed by atoms with E-state index in [1.165, 1.54) is 12.1 Å². The zero-order chi connectivity index (χ0) is 18.2. The lowest BCUT2D eigenvalue weighted by Crippen LogP contribution is -2.41. The Balaban J connectivity index is 1.90. The maximum atomic E-state index is 13.1. The highest BCUT2D eigenvalue weighted by molar-refractivity contribution is 6.61. The van der Waals surface area contributed by atoms with Gasteiger partial charge in [0.05, 0.1) is 11.1 Å². The first kappa shape index (κ1) is 17.4. The van der Waals surface area contributed by atoms with Crippen molar-refractivity contribution in [2.24, 2.45) is 0 Å². The normalized spacial score (nSPS) is 14.2. The summed E-state index contributed by atoms with van der Waals surface area (Å²) < 4.78 is 57.2. The first-order valence-electron chi connectivity index (χ1n) is 7.36. The molecule has 130 valence electrons. The van der Waals surface area contributed by atoms with Crippen molar-refractivity contribution >= 4 is 24.2 Å².